The van der Waals surface area contributed by atoms with Crippen LogP contribution in [-0.2, 0) is 12.3 Å². The van der Waals surface area contributed by atoms with E-state index in [1.54, 1.807) is 11.3 Å². The van der Waals surface area contributed by atoms with Crippen molar-refractivity contribution < 1.29 is 5.11 Å². The van der Waals surface area contributed by atoms with Crippen LogP contribution in [0.5, 0.6) is 0 Å². The quantitative estimate of drug-likeness (QED) is 0.704. The highest BCUT2D eigenvalue weighted by Gasteiger charge is 2.05. The lowest BCUT2D eigenvalue weighted by Gasteiger charge is -2.19. The van der Waals surface area contributed by atoms with Gasteiger partial charge in [0.2, 0.25) is 0 Å². The Bertz CT molecular complexity index is 300. The van der Waals surface area contributed by atoms with Gasteiger partial charge in [-0.25, -0.2) is 4.98 Å². The van der Waals surface area contributed by atoms with Crippen LogP contribution in [-0.4, -0.2) is 41.2 Å². The smallest absolute Gasteiger partial charge is 0.0929 e. The maximum Gasteiger partial charge on any atom is 0.0929 e. The van der Waals surface area contributed by atoms with Crippen molar-refractivity contribution in [3.63, 3.8) is 0 Å². The SMILES string of the molecule is CCCN(CCO)CCCc1nc(CCl)cs1. The van der Waals surface area contributed by atoms with Gasteiger partial charge in [0.1, 0.15) is 0 Å². The number of aliphatic hydroxyl groups is 1. The number of alkyl halides is 1. The fraction of sp³-hybridized carbons (Fsp3) is 0.750. The van der Waals surface area contributed by atoms with Crippen LogP contribution in [0.3, 0.4) is 0 Å². The van der Waals surface area contributed by atoms with E-state index in [2.05, 4.69) is 16.8 Å². The average molecular weight is 277 g/mol. The van der Waals surface area contributed by atoms with Crippen LogP contribution in [0, 0.1) is 0 Å². The summed E-state index contributed by atoms with van der Waals surface area (Å²) in [6, 6.07) is 0. The molecule has 0 atom stereocenters. The molecule has 0 unspecified atom stereocenters. The van der Waals surface area contributed by atoms with Crippen LogP contribution in [0.15, 0.2) is 5.38 Å². The largest absolute Gasteiger partial charge is 0.395 e. The first-order valence-electron chi connectivity index (χ1n) is 6.12. The number of nitrogens with zero attached hydrogens (tertiary/aromatic N) is 2. The summed E-state index contributed by atoms with van der Waals surface area (Å²) in [7, 11) is 0. The molecule has 0 fully saturated rings. The second-order valence-corrected chi connectivity index (χ2v) is 5.24. The summed E-state index contributed by atoms with van der Waals surface area (Å²) in [6.45, 7) is 5.28. The van der Waals surface area contributed by atoms with E-state index in [1.807, 2.05) is 5.38 Å². The third-order valence-electron chi connectivity index (χ3n) is 2.56. The minimum absolute atomic E-state index is 0.244. The summed E-state index contributed by atoms with van der Waals surface area (Å²) in [5, 5.41) is 12.1. The van der Waals surface area contributed by atoms with Crippen molar-refractivity contribution >= 4 is 22.9 Å². The number of hydrogen-bond donors (Lipinski definition) is 1. The second-order valence-electron chi connectivity index (χ2n) is 4.04. The van der Waals surface area contributed by atoms with Crippen LogP contribution >= 0.6 is 22.9 Å². The molecule has 98 valence electrons. The lowest BCUT2D eigenvalue weighted by molar-refractivity contribution is 0.194. The van der Waals surface area contributed by atoms with Crippen molar-refractivity contribution in [3.05, 3.63) is 16.1 Å². The molecule has 1 aromatic rings. The predicted octanol–water partition coefficient (Wildman–Crippen LogP) is 2.52. The van der Waals surface area contributed by atoms with E-state index in [0.717, 1.165) is 44.6 Å². The molecule has 3 nitrogen and oxygen atoms in total. The van der Waals surface area contributed by atoms with E-state index < -0.39 is 0 Å². The molecule has 0 amide bonds. The van der Waals surface area contributed by atoms with Crippen LogP contribution in [0.25, 0.3) is 0 Å². The van der Waals surface area contributed by atoms with Gasteiger partial charge in [-0.15, -0.1) is 22.9 Å². The van der Waals surface area contributed by atoms with Crippen molar-refractivity contribution in [1.82, 2.24) is 9.88 Å². The summed E-state index contributed by atoms with van der Waals surface area (Å²) in [5.41, 5.74) is 0.979. The molecule has 1 heterocycles. The number of rotatable bonds is 9. The lowest BCUT2D eigenvalue weighted by atomic mass is 10.3. The molecule has 0 spiro atoms. The van der Waals surface area contributed by atoms with Crippen molar-refractivity contribution in [2.75, 3.05) is 26.2 Å². The molecule has 0 aliphatic rings. The first kappa shape index (κ1) is 14.9. The van der Waals surface area contributed by atoms with E-state index in [1.165, 1.54) is 5.01 Å². The standard InChI is InChI=1S/C12H21ClN2OS/c1-2-5-15(7-8-16)6-3-4-12-14-11(9-13)10-17-12/h10,16H,2-9H2,1H3. The fourth-order valence-corrected chi connectivity index (χ4v) is 2.84. The molecular formula is C12H21ClN2OS. The van der Waals surface area contributed by atoms with E-state index in [-0.39, 0.29) is 6.61 Å². The van der Waals surface area contributed by atoms with Crippen LogP contribution in [0.2, 0.25) is 0 Å². The third kappa shape index (κ3) is 5.82. The zero-order valence-electron chi connectivity index (χ0n) is 10.4. The number of aromatic nitrogens is 1. The van der Waals surface area contributed by atoms with E-state index in [0.29, 0.717) is 5.88 Å². The Morgan fingerprint density at radius 1 is 1.41 bits per heavy atom. The van der Waals surface area contributed by atoms with Gasteiger partial charge in [-0.1, -0.05) is 6.92 Å². The van der Waals surface area contributed by atoms with Gasteiger partial charge < -0.3 is 10.0 Å². The molecule has 0 bridgehead atoms. The molecule has 0 radical (unpaired) electrons. The normalized spacial score (nSPS) is 11.3. The third-order valence-corrected chi connectivity index (χ3v) is 3.79. The summed E-state index contributed by atoms with van der Waals surface area (Å²) in [5.74, 6) is 0.503. The minimum Gasteiger partial charge on any atom is -0.395 e. The predicted molar refractivity (Wildman–Crippen MR) is 73.8 cm³/mol. The van der Waals surface area contributed by atoms with Gasteiger partial charge in [0.15, 0.2) is 0 Å². The van der Waals surface area contributed by atoms with Gasteiger partial charge in [-0.3, -0.25) is 0 Å². The minimum atomic E-state index is 0.244. The van der Waals surface area contributed by atoms with E-state index in [9.17, 15) is 0 Å². The Balaban J connectivity index is 2.24. The van der Waals surface area contributed by atoms with Gasteiger partial charge in [0, 0.05) is 18.3 Å². The molecule has 0 aliphatic heterocycles. The Morgan fingerprint density at radius 3 is 2.82 bits per heavy atom. The molecule has 0 saturated carbocycles. The number of thiazole rings is 1. The molecule has 17 heavy (non-hydrogen) atoms. The number of aliphatic hydroxyl groups excluding tert-OH is 1. The summed E-state index contributed by atoms with van der Waals surface area (Å²) < 4.78 is 0. The highest BCUT2D eigenvalue weighted by Crippen LogP contribution is 2.13. The molecule has 0 aromatic carbocycles. The van der Waals surface area contributed by atoms with Gasteiger partial charge in [-0.05, 0) is 25.9 Å². The second kappa shape index (κ2) is 8.86. The Hall–Kier alpha value is -0.160. The maximum atomic E-state index is 8.95. The van der Waals surface area contributed by atoms with E-state index in [4.69, 9.17) is 16.7 Å². The fourth-order valence-electron chi connectivity index (χ4n) is 1.77. The lowest BCUT2D eigenvalue weighted by Crippen LogP contribution is -2.29. The van der Waals surface area contributed by atoms with Crippen LogP contribution < -0.4 is 0 Å². The summed E-state index contributed by atoms with van der Waals surface area (Å²) in [4.78, 5) is 6.74. The zero-order chi connectivity index (χ0) is 12.5. The van der Waals surface area contributed by atoms with Crippen molar-refractivity contribution in [2.24, 2.45) is 0 Å². The average Bonchev–Trinajstić information content (AvgIpc) is 2.77. The molecule has 5 heteroatoms. The molecule has 1 rings (SSSR count). The Labute approximate surface area is 112 Å². The highest BCUT2D eigenvalue weighted by molar-refractivity contribution is 7.09. The molecule has 0 saturated heterocycles. The summed E-state index contributed by atoms with van der Waals surface area (Å²) >= 11 is 7.40. The van der Waals surface area contributed by atoms with Gasteiger partial charge in [0.05, 0.1) is 23.2 Å². The topological polar surface area (TPSA) is 36.4 Å². The number of hydrogen-bond acceptors (Lipinski definition) is 4. The Morgan fingerprint density at radius 2 is 2.24 bits per heavy atom. The summed E-state index contributed by atoms with van der Waals surface area (Å²) in [6.07, 6.45) is 3.23. The van der Waals surface area contributed by atoms with Crippen LogP contribution in [0.1, 0.15) is 30.5 Å². The van der Waals surface area contributed by atoms with Gasteiger partial charge >= 0.3 is 0 Å². The molecule has 0 aliphatic carbocycles. The zero-order valence-corrected chi connectivity index (χ0v) is 11.9. The highest BCUT2D eigenvalue weighted by atomic mass is 35.5. The molecule has 1 aromatic heterocycles. The van der Waals surface area contributed by atoms with Crippen molar-refractivity contribution in [1.29, 1.82) is 0 Å². The first-order chi connectivity index (χ1) is 8.30. The van der Waals surface area contributed by atoms with E-state index >= 15 is 0 Å². The Kier molecular flexibility index (Phi) is 7.77. The van der Waals surface area contributed by atoms with Gasteiger partial charge in [-0.2, -0.15) is 0 Å². The molecular weight excluding hydrogens is 256 g/mol. The van der Waals surface area contributed by atoms with Gasteiger partial charge in [0.25, 0.3) is 0 Å². The first-order valence-corrected chi connectivity index (χ1v) is 7.54. The van der Waals surface area contributed by atoms with Crippen LogP contribution in [0.4, 0.5) is 0 Å². The molecule has 1 N–H and O–H groups in total. The van der Waals surface area contributed by atoms with Crippen molar-refractivity contribution in [2.45, 2.75) is 32.1 Å². The maximum absolute atomic E-state index is 8.95. The van der Waals surface area contributed by atoms with Crippen molar-refractivity contribution in [3.8, 4) is 0 Å². The monoisotopic (exact) mass is 276 g/mol. The number of aryl methyl sites for hydroxylation is 1. The number of halogens is 1.